The van der Waals surface area contributed by atoms with Gasteiger partial charge in [-0.05, 0) is 68.1 Å². The second-order valence-corrected chi connectivity index (χ2v) is 7.42. The lowest BCUT2D eigenvalue weighted by atomic mass is 10.0. The standard InChI is InChI=1S/C22H25ClN2O3/c1-2-28-18-10-8-17(9-11-18)24-22(27)16-7-12-19(23)20(14-16)25-21(26)13-15-5-3-4-6-15/h7-12,14-15H,2-6,13H2,1H3,(H,24,27)(H,25,26). The number of carbonyl (C=O) groups is 2. The first-order valence-electron chi connectivity index (χ1n) is 9.68. The fourth-order valence-corrected chi connectivity index (χ4v) is 3.61. The highest BCUT2D eigenvalue weighted by Gasteiger charge is 2.19. The van der Waals surface area contributed by atoms with Crippen molar-refractivity contribution in [3.63, 3.8) is 0 Å². The predicted molar refractivity (Wildman–Crippen MR) is 112 cm³/mol. The van der Waals surface area contributed by atoms with Gasteiger partial charge in [-0.1, -0.05) is 24.4 Å². The summed E-state index contributed by atoms with van der Waals surface area (Å²) in [7, 11) is 0. The highest BCUT2D eigenvalue weighted by Crippen LogP contribution is 2.29. The second kappa shape index (κ2) is 9.60. The van der Waals surface area contributed by atoms with E-state index in [0.29, 0.717) is 40.9 Å². The van der Waals surface area contributed by atoms with Crippen LogP contribution >= 0.6 is 11.6 Å². The molecule has 1 aliphatic carbocycles. The summed E-state index contributed by atoms with van der Waals surface area (Å²) in [6, 6.07) is 12.0. The van der Waals surface area contributed by atoms with E-state index in [1.807, 2.05) is 6.92 Å². The Labute approximate surface area is 170 Å². The Kier molecular flexibility index (Phi) is 6.93. The van der Waals surface area contributed by atoms with Crippen LogP contribution in [-0.2, 0) is 4.79 Å². The summed E-state index contributed by atoms with van der Waals surface area (Å²) in [5.74, 6) is 0.870. The molecule has 1 fully saturated rings. The summed E-state index contributed by atoms with van der Waals surface area (Å²) >= 11 is 6.21. The normalized spacial score (nSPS) is 13.9. The molecule has 0 aromatic heterocycles. The van der Waals surface area contributed by atoms with Gasteiger partial charge in [0.15, 0.2) is 0 Å². The van der Waals surface area contributed by atoms with Gasteiger partial charge in [0.05, 0.1) is 17.3 Å². The number of halogens is 1. The van der Waals surface area contributed by atoms with Crippen molar-refractivity contribution >= 4 is 34.8 Å². The largest absolute Gasteiger partial charge is 0.494 e. The Balaban J connectivity index is 1.64. The Bertz CT molecular complexity index is 830. The van der Waals surface area contributed by atoms with Crippen LogP contribution < -0.4 is 15.4 Å². The van der Waals surface area contributed by atoms with Crippen LogP contribution in [0.25, 0.3) is 0 Å². The quantitative estimate of drug-likeness (QED) is 0.643. The third-order valence-corrected chi connectivity index (χ3v) is 5.20. The minimum Gasteiger partial charge on any atom is -0.494 e. The minimum atomic E-state index is -0.271. The number of amides is 2. The highest BCUT2D eigenvalue weighted by atomic mass is 35.5. The molecule has 0 unspecified atom stereocenters. The van der Waals surface area contributed by atoms with Crippen LogP contribution in [0.15, 0.2) is 42.5 Å². The van der Waals surface area contributed by atoms with Crippen LogP contribution in [0, 0.1) is 5.92 Å². The number of anilines is 2. The lowest BCUT2D eigenvalue weighted by Crippen LogP contribution is -2.17. The molecule has 0 bridgehead atoms. The molecule has 2 aromatic carbocycles. The fraction of sp³-hybridized carbons (Fsp3) is 0.364. The Morgan fingerprint density at radius 1 is 1.07 bits per heavy atom. The van der Waals surface area contributed by atoms with Crippen molar-refractivity contribution in [2.45, 2.75) is 39.0 Å². The number of benzene rings is 2. The van der Waals surface area contributed by atoms with Crippen LogP contribution in [0.5, 0.6) is 5.75 Å². The molecule has 6 heteroatoms. The molecule has 0 aliphatic heterocycles. The first kappa shape index (κ1) is 20.2. The third-order valence-electron chi connectivity index (χ3n) is 4.87. The van der Waals surface area contributed by atoms with Crippen LogP contribution in [0.3, 0.4) is 0 Å². The second-order valence-electron chi connectivity index (χ2n) is 7.01. The summed E-state index contributed by atoms with van der Waals surface area (Å²) in [6.07, 6.45) is 5.09. The van der Waals surface area contributed by atoms with Gasteiger partial charge >= 0.3 is 0 Å². The number of ether oxygens (including phenoxy) is 1. The van der Waals surface area contributed by atoms with Crippen LogP contribution in [0.4, 0.5) is 11.4 Å². The summed E-state index contributed by atoms with van der Waals surface area (Å²) < 4.78 is 5.40. The predicted octanol–water partition coefficient (Wildman–Crippen LogP) is 5.51. The molecule has 1 aliphatic rings. The Hall–Kier alpha value is -2.53. The van der Waals surface area contributed by atoms with Gasteiger partial charge in [-0.2, -0.15) is 0 Å². The summed E-state index contributed by atoms with van der Waals surface area (Å²) in [6.45, 7) is 2.51. The maximum Gasteiger partial charge on any atom is 0.255 e. The topological polar surface area (TPSA) is 67.4 Å². The van der Waals surface area contributed by atoms with Crippen molar-refractivity contribution in [3.05, 3.63) is 53.1 Å². The molecule has 148 valence electrons. The average Bonchev–Trinajstić information content (AvgIpc) is 3.18. The molecule has 28 heavy (non-hydrogen) atoms. The zero-order valence-electron chi connectivity index (χ0n) is 16.0. The van der Waals surface area contributed by atoms with E-state index in [4.69, 9.17) is 16.3 Å². The van der Waals surface area contributed by atoms with E-state index < -0.39 is 0 Å². The van der Waals surface area contributed by atoms with Crippen LogP contribution in [0.1, 0.15) is 49.4 Å². The molecule has 2 aromatic rings. The van der Waals surface area contributed by atoms with Gasteiger partial charge in [-0.3, -0.25) is 9.59 Å². The van der Waals surface area contributed by atoms with Crippen molar-refractivity contribution in [1.29, 1.82) is 0 Å². The van der Waals surface area contributed by atoms with Gasteiger partial charge in [0, 0.05) is 17.7 Å². The number of hydrogen-bond donors (Lipinski definition) is 2. The van der Waals surface area contributed by atoms with Gasteiger partial charge in [0.1, 0.15) is 5.75 Å². The van der Waals surface area contributed by atoms with Gasteiger partial charge in [-0.25, -0.2) is 0 Å². The van der Waals surface area contributed by atoms with E-state index in [1.54, 1.807) is 42.5 Å². The van der Waals surface area contributed by atoms with E-state index in [1.165, 1.54) is 12.8 Å². The number of hydrogen-bond acceptors (Lipinski definition) is 3. The van der Waals surface area contributed by atoms with E-state index in [-0.39, 0.29) is 11.8 Å². The van der Waals surface area contributed by atoms with Crippen molar-refractivity contribution in [2.24, 2.45) is 5.92 Å². The molecule has 0 spiro atoms. The first-order valence-corrected chi connectivity index (χ1v) is 10.1. The van der Waals surface area contributed by atoms with Crippen molar-refractivity contribution in [1.82, 2.24) is 0 Å². The minimum absolute atomic E-state index is 0.0575. The lowest BCUT2D eigenvalue weighted by Gasteiger charge is -2.12. The molecule has 2 N–H and O–H groups in total. The molecule has 0 saturated heterocycles. The zero-order chi connectivity index (χ0) is 19.9. The molecule has 0 radical (unpaired) electrons. The molecule has 0 atom stereocenters. The molecule has 0 heterocycles. The van der Waals surface area contributed by atoms with Crippen LogP contribution in [-0.4, -0.2) is 18.4 Å². The number of carbonyl (C=O) groups excluding carboxylic acids is 2. The maximum atomic E-state index is 12.6. The van der Waals surface area contributed by atoms with Gasteiger partial charge in [-0.15, -0.1) is 0 Å². The summed E-state index contributed by atoms with van der Waals surface area (Å²) in [4.78, 5) is 24.9. The molecule has 1 saturated carbocycles. The molecule has 5 nitrogen and oxygen atoms in total. The zero-order valence-corrected chi connectivity index (χ0v) is 16.7. The average molecular weight is 401 g/mol. The lowest BCUT2D eigenvalue weighted by molar-refractivity contribution is -0.117. The SMILES string of the molecule is CCOc1ccc(NC(=O)c2ccc(Cl)c(NC(=O)CC3CCCC3)c2)cc1. The first-order chi connectivity index (χ1) is 13.5. The van der Waals surface area contributed by atoms with Crippen LogP contribution in [0.2, 0.25) is 5.02 Å². The van der Waals surface area contributed by atoms with E-state index in [0.717, 1.165) is 18.6 Å². The van der Waals surface area contributed by atoms with Gasteiger partial charge in [0.25, 0.3) is 5.91 Å². The molecular weight excluding hydrogens is 376 g/mol. The van der Waals surface area contributed by atoms with E-state index in [2.05, 4.69) is 10.6 Å². The van der Waals surface area contributed by atoms with Crippen molar-refractivity contribution < 1.29 is 14.3 Å². The van der Waals surface area contributed by atoms with E-state index >= 15 is 0 Å². The molecular formula is C22H25ClN2O3. The molecule has 3 rings (SSSR count). The summed E-state index contributed by atoms with van der Waals surface area (Å²) in [5.41, 5.74) is 1.55. The number of rotatable bonds is 7. The van der Waals surface area contributed by atoms with Gasteiger partial charge < -0.3 is 15.4 Å². The summed E-state index contributed by atoms with van der Waals surface area (Å²) in [5, 5.41) is 6.10. The monoisotopic (exact) mass is 400 g/mol. The van der Waals surface area contributed by atoms with Crippen molar-refractivity contribution in [3.8, 4) is 5.75 Å². The fourth-order valence-electron chi connectivity index (χ4n) is 3.44. The Morgan fingerprint density at radius 3 is 2.46 bits per heavy atom. The van der Waals surface area contributed by atoms with Gasteiger partial charge in [0.2, 0.25) is 5.91 Å². The maximum absolute atomic E-state index is 12.6. The number of nitrogens with one attached hydrogen (secondary N) is 2. The third kappa shape index (κ3) is 5.49. The Morgan fingerprint density at radius 2 is 1.79 bits per heavy atom. The molecule has 2 amide bonds. The van der Waals surface area contributed by atoms with Crippen molar-refractivity contribution in [2.75, 3.05) is 17.2 Å². The smallest absolute Gasteiger partial charge is 0.255 e. The highest BCUT2D eigenvalue weighted by molar-refractivity contribution is 6.34. The van der Waals surface area contributed by atoms with E-state index in [9.17, 15) is 9.59 Å².